The number of likely N-dealkylation sites (tertiary alicyclic amines) is 1. The molecule has 1 aromatic heterocycles. The zero-order chi connectivity index (χ0) is 18.5. The van der Waals surface area contributed by atoms with Gasteiger partial charge in [0.25, 0.3) is 5.91 Å². The summed E-state index contributed by atoms with van der Waals surface area (Å²) in [6.45, 7) is 7.75. The molecule has 1 aromatic carbocycles. The summed E-state index contributed by atoms with van der Waals surface area (Å²) in [7, 11) is 1.86. The minimum absolute atomic E-state index is 0.0461. The van der Waals surface area contributed by atoms with Gasteiger partial charge in [0.15, 0.2) is 5.69 Å². The van der Waals surface area contributed by atoms with E-state index in [0.29, 0.717) is 24.3 Å². The number of nitrogens with one attached hydrogen (secondary N) is 1. The van der Waals surface area contributed by atoms with Crippen LogP contribution in [0.25, 0.3) is 0 Å². The molecule has 1 aliphatic rings. The number of ether oxygens (including phenoxy) is 1. The van der Waals surface area contributed by atoms with Crippen molar-refractivity contribution in [1.82, 2.24) is 20.0 Å². The summed E-state index contributed by atoms with van der Waals surface area (Å²) in [5, 5.41) is 7.06. The summed E-state index contributed by atoms with van der Waals surface area (Å²) in [6, 6.07) is 11.9. The number of amides is 1. The van der Waals surface area contributed by atoms with E-state index in [2.05, 4.69) is 28.9 Å². The van der Waals surface area contributed by atoms with E-state index >= 15 is 0 Å². The van der Waals surface area contributed by atoms with Gasteiger partial charge in [0, 0.05) is 26.2 Å². The number of carbonyl (C=O) groups is 1. The number of para-hydroxylation sites is 1. The number of nitrogens with zero attached hydrogens (tertiary/aromatic N) is 3. The van der Waals surface area contributed by atoms with E-state index in [0.717, 1.165) is 37.5 Å². The number of H-pyrrole nitrogens is 1. The quantitative estimate of drug-likeness (QED) is 0.829. The van der Waals surface area contributed by atoms with Crippen LogP contribution >= 0.6 is 0 Å². The van der Waals surface area contributed by atoms with Gasteiger partial charge in [-0.25, -0.2) is 0 Å². The molecule has 0 spiro atoms. The number of rotatable bonds is 7. The Kier molecular flexibility index (Phi) is 5.93. The third-order valence-corrected chi connectivity index (χ3v) is 4.91. The normalized spacial score (nSPS) is 17.6. The zero-order valence-corrected chi connectivity index (χ0v) is 15.8. The van der Waals surface area contributed by atoms with Crippen molar-refractivity contribution in [3.63, 3.8) is 0 Å². The van der Waals surface area contributed by atoms with Crippen LogP contribution in [0.15, 0.2) is 36.4 Å². The molecular formula is C20H28N4O2. The fraction of sp³-hybridized carbons (Fsp3) is 0.500. The van der Waals surface area contributed by atoms with Gasteiger partial charge in [-0.3, -0.25) is 9.89 Å². The zero-order valence-electron chi connectivity index (χ0n) is 15.8. The molecule has 3 rings (SSSR count). The molecule has 26 heavy (non-hydrogen) atoms. The van der Waals surface area contributed by atoms with Gasteiger partial charge in [-0.15, -0.1) is 0 Å². The highest BCUT2D eigenvalue weighted by Crippen LogP contribution is 2.20. The first-order chi connectivity index (χ1) is 12.5. The van der Waals surface area contributed by atoms with E-state index in [1.54, 1.807) is 11.0 Å². The molecule has 1 N–H and O–H groups in total. The molecule has 1 aliphatic heterocycles. The second-order valence-electron chi connectivity index (χ2n) is 7.31. The van der Waals surface area contributed by atoms with Gasteiger partial charge >= 0.3 is 0 Å². The molecular weight excluding hydrogens is 328 g/mol. The molecule has 0 aliphatic carbocycles. The Morgan fingerprint density at radius 3 is 2.85 bits per heavy atom. The van der Waals surface area contributed by atoms with Gasteiger partial charge in [0.05, 0.1) is 5.69 Å². The van der Waals surface area contributed by atoms with Crippen molar-refractivity contribution in [3.05, 3.63) is 47.8 Å². The van der Waals surface area contributed by atoms with E-state index in [-0.39, 0.29) is 5.91 Å². The van der Waals surface area contributed by atoms with E-state index < -0.39 is 0 Å². The van der Waals surface area contributed by atoms with Crippen molar-refractivity contribution in [2.75, 3.05) is 26.7 Å². The van der Waals surface area contributed by atoms with Crippen LogP contribution in [0.1, 0.15) is 36.5 Å². The highest BCUT2D eigenvalue weighted by Gasteiger charge is 2.27. The Bertz CT molecular complexity index is 714. The standard InChI is InChI=1S/C20H28N4O2/c1-15(2)24-10-9-16(13-24)12-23(3)20(25)19-11-17(21-22-19)14-26-18-7-5-4-6-8-18/h4-8,11,15-16H,9-10,12-14H2,1-3H3,(H,21,22)/t16-/m1/s1. The molecule has 140 valence electrons. The van der Waals surface area contributed by atoms with Crippen molar-refractivity contribution in [3.8, 4) is 5.75 Å². The second-order valence-corrected chi connectivity index (χ2v) is 7.31. The molecule has 1 atom stereocenters. The van der Waals surface area contributed by atoms with Crippen LogP contribution in [-0.4, -0.2) is 58.6 Å². The van der Waals surface area contributed by atoms with Crippen molar-refractivity contribution < 1.29 is 9.53 Å². The highest BCUT2D eigenvalue weighted by molar-refractivity contribution is 5.92. The van der Waals surface area contributed by atoms with Crippen LogP contribution in [0, 0.1) is 5.92 Å². The van der Waals surface area contributed by atoms with Crippen LogP contribution in [0.2, 0.25) is 0 Å². The lowest BCUT2D eigenvalue weighted by Gasteiger charge is -2.23. The minimum atomic E-state index is -0.0461. The van der Waals surface area contributed by atoms with Crippen LogP contribution in [0.5, 0.6) is 5.75 Å². The first-order valence-electron chi connectivity index (χ1n) is 9.24. The van der Waals surface area contributed by atoms with E-state index in [4.69, 9.17) is 4.74 Å². The molecule has 0 bridgehead atoms. The summed E-state index contributed by atoms with van der Waals surface area (Å²) < 4.78 is 5.69. The molecule has 6 heteroatoms. The smallest absolute Gasteiger partial charge is 0.274 e. The number of aromatic nitrogens is 2. The van der Waals surface area contributed by atoms with E-state index in [1.807, 2.05) is 37.4 Å². The molecule has 0 radical (unpaired) electrons. The molecule has 1 saturated heterocycles. The lowest BCUT2D eigenvalue weighted by molar-refractivity contribution is 0.0766. The van der Waals surface area contributed by atoms with E-state index in [9.17, 15) is 4.79 Å². The Labute approximate surface area is 155 Å². The van der Waals surface area contributed by atoms with Gasteiger partial charge in [0.2, 0.25) is 0 Å². The maximum atomic E-state index is 12.6. The lowest BCUT2D eigenvalue weighted by Crippen LogP contribution is -2.34. The molecule has 6 nitrogen and oxygen atoms in total. The van der Waals surface area contributed by atoms with Crippen LogP contribution < -0.4 is 4.74 Å². The van der Waals surface area contributed by atoms with Crippen molar-refractivity contribution in [2.45, 2.75) is 32.9 Å². The number of aromatic amines is 1. The average molecular weight is 356 g/mol. The summed E-state index contributed by atoms with van der Waals surface area (Å²) in [5.74, 6) is 1.28. The number of hydrogen-bond donors (Lipinski definition) is 1. The summed E-state index contributed by atoms with van der Waals surface area (Å²) in [6.07, 6.45) is 1.15. The molecule has 2 aromatic rings. The lowest BCUT2D eigenvalue weighted by atomic mass is 10.1. The van der Waals surface area contributed by atoms with Crippen molar-refractivity contribution in [2.24, 2.45) is 5.92 Å². The first-order valence-corrected chi connectivity index (χ1v) is 9.24. The predicted octanol–water partition coefficient (Wildman–Crippen LogP) is 2.79. The SMILES string of the molecule is CC(C)N1CC[C@H](CN(C)C(=O)c2cc(COc3ccccc3)[nH]n2)C1. The Morgan fingerprint density at radius 1 is 1.38 bits per heavy atom. The largest absolute Gasteiger partial charge is 0.487 e. The maximum absolute atomic E-state index is 12.6. The van der Waals surface area contributed by atoms with Gasteiger partial charge in [-0.05, 0) is 50.9 Å². The van der Waals surface area contributed by atoms with E-state index in [1.165, 1.54) is 0 Å². The average Bonchev–Trinajstić information content (AvgIpc) is 3.30. The fourth-order valence-corrected chi connectivity index (χ4v) is 3.37. The van der Waals surface area contributed by atoms with Crippen LogP contribution in [-0.2, 0) is 6.61 Å². The third kappa shape index (κ3) is 4.64. The Balaban J connectivity index is 1.51. The maximum Gasteiger partial charge on any atom is 0.274 e. The van der Waals surface area contributed by atoms with Crippen molar-refractivity contribution >= 4 is 5.91 Å². The number of benzene rings is 1. The summed E-state index contributed by atoms with van der Waals surface area (Å²) >= 11 is 0. The van der Waals surface area contributed by atoms with Crippen LogP contribution in [0.3, 0.4) is 0 Å². The number of hydrogen-bond acceptors (Lipinski definition) is 4. The van der Waals surface area contributed by atoms with Gasteiger partial charge in [-0.1, -0.05) is 18.2 Å². The topological polar surface area (TPSA) is 61.5 Å². The van der Waals surface area contributed by atoms with Crippen LogP contribution in [0.4, 0.5) is 0 Å². The fourth-order valence-electron chi connectivity index (χ4n) is 3.37. The van der Waals surface area contributed by atoms with Gasteiger partial charge in [0.1, 0.15) is 12.4 Å². The summed E-state index contributed by atoms with van der Waals surface area (Å²) in [4.78, 5) is 16.9. The van der Waals surface area contributed by atoms with Crippen molar-refractivity contribution in [1.29, 1.82) is 0 Å². The Hall–Kier alpha value is -2.34. The summed E-state index contributed by atoms with van der Waals surface area (Å²) in [5.41, 5.74) is 1.23. The monoisotopic (exact) mass is 356 g/mol. The van der Waals surface area contributed by atoms with Gasteiger partial charge < -0.3 is 14.5 Å². The van der Waals surface area contributed by atoms with Gasteiger partial charge in [-0.2, -0.15) is 5.10 Å². The predicted molar refractivity (Wildman–Crippen MR) is 101 cm³/mol. The minimum Gasteiger partial charge on any atom is -0.487 e. The Morgan fingerprint density at radius 2 is 2.15 bits per heavy atom. The number of carbonyl (C=O) groups excluding carboxylic acids is 1. The molecule has 1 amide bonds. The molecule has 0 saturated carbocycles. The second kappa shape index (κ2) is 8.36. The molecule has 0 unspecified atom stereocenters. The highest BCUT2D eigenvalue weighted by atomic mass is 16.5. The first kappa shape index (κ1) is 18.5. The molecule has 2 heterocycles. The third-order valence-electron chi connectivity index (χ3n) is 4.91. The molecule has 1 fully saturated rings.